The second kappa shape index (κ2) is 9.67. The zero-order valence-corrected chi connectivity index (χ0v) is 19.2. The molecule has 0 saturated carbocycles. The number of anilines is 1. The van der Waals surface area contributed by atoms with Crippen LogP contribution in [0.2, 0.25) is 0 Å². The number of hydrogen-bond acceptors (Lipinski definition) is 3. The van der Waals surface area contributed by atoms with Crippen LogP contribution in [0.5, 0.6) is 0 Å². The Morgan fingerprint density at radius 1 is 0.862 bits per heavy atom. The molecule has 0 bridgehead atoms. The molecule has 150 valence electrons. The lowest BCUT2D eigenvalue weighted by molar-refractivity contribution is -0.117. The smallest absolute Gasteiger partial charge is 0.242 e. The van der Waals surface area contributed by atoms with Crippen LogP contribution in [0.1, 0.15) is 5.56 Å². The molecule has 3 rings (SSSR count). The Morgan fingerprint density at radius 3 is 2.21 bits per heavy atom. The quantitative estimate of drug-likeness (QED) is 0.457. The minimum absolute atomic E-state index is 0.0917. The van der Waals surface area contributed by atoms with Crippen molar-refractivity contribution in [1.29, 1.82) is 0 Å². The fraction of sp³-hybridized carbons (Fsp3) is 0.0952. The molecule has 0 heterocycles. The Morgan fingerprint density at radius 2 is 1.55 bits per heavy atom. The van der Waals surface area contributed by atoms with Crippen LogP contribution in [0.25, 0.3) is 0 Å². The molecule has 0 spiro atoms. The average Bonchev–Trinajstić information content (AvgIpc) is 2.68. The molecule has 29 heavy (non-hydrogen) atoms. The number of carbonyl (C=O) groups is 1. The van der Waals surface area contributed by atoms with Gasteiger partial charge in [0.2, 0.25) is 15.9 Å². The molecule has 3 aromatic rings. The topological polar surface area (TPSA) is 75.3 Å². The van der Waals surface area contributed by atoms with Crippen LogP contribution in [0.3, 0.4) is 0 Å². The van der Waals surface area contributed by atoms with E-state index in [1.54, 1.807) is 30.3 Å². The first kappa shape index (κ1) is 21.7. The van der Waals surface area contributed by atoms with Gasteiger partial charge >= 0.3 is 0 Å². The molecule has 0 aliphatic carbocycles. The predicted octanol–water partition coefficient (Wildman–Crippen LogP) is 4.74. The fourth-order valence-electron chi connectivity index (χ4n) is 2.70. The van der Waals surface area contributed by atoms with E-state index in [2.05, 4.69) is 41.9 Å². The van der Waals surface area contributed by atoms with Crippen molar-refractivity contribution in [3.05, 3.63) is 93.4 Å². The van der Waals surface area contributed by atoms with E-state index in [4.69, 9.17) is 0 Å². The third-order valence-electron chi connectivity index (χ3n) is 4.11. The fourth-order valence-corrected chi connectivity index (χ4v) is 4.56. The van der Waals surface area contributed by atoms with E-state index in [1.165, 1.54) is 12.1 Å². The zero-order valence-electron chi connectivity index (χ0n) is 15.2. The van der Waals surface area contributed by atoms with Gasteiger partial charge in [-0.1, -0.05) is 68.3 Å². The van der Waals surface area contributed by atoms with Gasteiger partial charge in [-0.05, 0) is 54.4 Å². The summed E-state index contributed by atoms with van der Waals surface area (Å²) in [5.74, 6) is -0.437. The van der Waals surface area contributed by atoms with Gasteiger partial charge in [-0.25, -0.2) is 8.42 Å². The lowest BCUT2D eigenvalue weighted by atomic mass is 10.1. The molecule has 0 aromatic heterocycles. The molecule has 5 nitrogen and oxygen atoms in total. The van der Waals surface area contributed by atoms with Crippen LogP contribution >= 0.6 is 31.9 Å². The summed E-state index contributed by atoms with van der Waals surface area (Å²) in [4.78, 5) is 13.0. The molecule has 3 aromatic carbocycles. The minimum Gasteiger partial charge on any atom is -0.325 e. The van der Waals surface area contributed by atoms with Gasteiger partial charge in [0.1, 0.15) is 6.04 Å². The molecule has 0 saturated heterocycles. The number of amides is 1. The Labute approximate surface area is 186 Å². The summed E-state index contributed by atoms with van der Waals surface area (Å²) in [6.07, 6.45) is 0.219. The van der Waals surface area contributed by atoms with E-state index in [0.717, 1.165) is 14.5 Å². The second-order valence-corrected chi connectivity index (χ2v) is 9.86. The van der Waals surface area contributed by atoms with Crippen molar-refractivity contribution in [1.82, 2.24) is 4.72 Å². The van der Waals surface area contributed by atoms with Crippen molar-refractivity contribution in [3.63, 3.8) is 0 Å². The van der Waals surface area contributed by atoms with E-state index in [-0.39, 0.29) is 11.3 Å². The monoisotopic (exact) mass is 536 g/mol. The molecule has 0 radical (unpaired) electrons. The van der Waals surface area contributed by atoms with E-state index < -0.39 is 22.0 Å². The average molecular weight is 538 g/mol. The summed E-state index contributed by atoms with van der Waals surface area (Å²) in [5, 5.41) is 2.78. The predicted molar refractivity (Wildman–Crippen MR) is 121 cm³/mol. The summed E-state index contributed by atoms with van der Waals surface area (Å²) >= 11 is 6.65. The van der Waals surface area contributed by atoms with Crippen molar-refractivity contribution in [2.24, 2.45) is 0 Å². The van der Waals surface area contributed by atoms with E-state index in [9.17, 15) is 13.2 Å². The Hall–Kier alpha value is -2.00. The van der Waals surface area contributed by atoms with E-state index >= 15 is 0 Å². The highest BCUT2D eigenvalue weighted by Crippen LogP contribution is 2.18. The number of nitrogens with one attached hydrogen (secondary N) is 2. The first-order valence-corrected chi connectivity index (χ1v) is 11.8. The standard InChI is InChI=1S/C21H18Br2N2O3S/c22-16-9-11-19(12-10-16)29(27,28)25-20(13-15-5-2-1-3-6-15)21(26)24-18-8-4-7-17(23)14-18/h1-12,14,20,25H,13H2,(H,24,26)/t20-/m0/s1. The van der Waals surface area contributed by atoms with Crippen LogP contribution < -0.4 is 10.0 Å². The summed E-state index contributed by atoms with van der Waals surface area (Å²) in [6, 6.07) is 21.7. The lowest BCUT2D eigenvalue weighted by Gasteiger charge is -2.19. The summed E-state index contributed by atoms with van der Waals surface area (Å²) in [5.41, 5.74) is 1.42. The molecule has 0 unspecified atom stereocenters. The van der Waals surface area contributed by atoms with Crippen molar-refractivity contribution < 1.29 is 13.2 Å². The third-order valence-corrected chi connectivity index (χ3v) is 6.62. The first-order valence-electron chi connectivity index (χ1n) is 8.72. The van der Waals surface area contributed by atoms with Crippen molar-refractivity contribution in [2.45, 2.75) is 17.4 Å². The van der Waals surface area contributed by atoms with Gasteiger partial charge in [-0.2, -0.15) is 4.72 Å². The maximum absolute atomic E-state index is 12.9. The molecule has 2 N–H and O–H groups in total. The van der Waals surface area contributed by atoms with Gasteiger partial charge in [-0.3, -0.25) is 4.79 Å². The van der Waals surface area contributed by atoms with Gasteiger partial charge < -0.3 is 5.32 Å². The number of halogens is 2. The van der Waals surface area contributed by atoms with Crippen LogP contribution in [0.15, 0.2) is 92.7 Å². The van der Waals surface area contributed by atoms with Crippen molar-refractivity contribution >= 4 is 53.5 Å². The largest absolute Gasteiger partial charge is 0.325 e. The SMILES string of the molecule is O=C(Nc1cccc(Br)c1)[C@H](Cc1ccccc1)NS(=O)(=O)c1ccc(Br)cc1. The number of hydrogen-bond donors (Lipinski definition) is 2. The number of sulfonamides is 1. The van der Waals surface area contributed by atoms with E-state index in [0.29, 0.717) is 5.69 Å². The molecule has 0 fully saturated rings. The maximum atomic E-state index is 12.9. The third kappa shape index (κ3) is 6.24. The molecular formula is C21H18Br2N2O3S. The van der Waals surface area contributed by atoms with Gasteiger partial charge in [-0.15, -0.1) is 0 Å². The van der Waals surface area contributed by atoms with Gasteiger partial charge in [0.05, 0.1) is 4.90 Å². The van der Waals surface area contributed by atoms with Crippen molar-refractivity contribution in [2.75, 3.05) is 5.32 Å². The number of benzene rings is 3. The summed E-state index contributed by atoms with van der Waals surface area (Å²) < 4.78 is 29.8. The molecule has 0 aliphatic rings. The highest BCUT2D eigenvalue weighted by atomic mass is 79.9. The van der Waals surface area contributed by atoms with Crippen LogP contribution in [0.4, 0.5) is 5.69 Å². The Balaban J connectivity index is 1.85. The molecule has 8 heteroatoms. The zero-order chi connectivity index (χ0) is 20.9. The van der Waals surface area contributed by atoms with Gasteiger partial charge in [0, 0.05) is 14.6 Å². The first-order chi connectivity index (χ1) is 13.8. The Bertz CT molecular complexity index is 1090. The molecule has 1 amide bonds. The number of rotatable bonds is 7. The highest BCUT2D eigenvalue weighted by Gasteiger charge is 2.26. The second-order valence-electron chi connectivity index (χ2n) is 6.32. The summed E-state index contributed by atoms with van der Waals surface area (Å²) in [7, 11) is -3.88. The highest BCUT2D eigenvalue weighted by molar-refractivity contribution is 9.10. The Kier molecular flexibility index (Phi) is 7.23. The van der Waals surface area contributed by atoms with Crippen LogP contribution in [-0.2, 0) is 21.2 Å². The maximum Gasteiger partial charge on any atom is 0.242 e. The van der Waals surface area contributed by atoms with Crippen LogP contribution in [0, 0.1) is 0 Å². The van der Waals surface area contributed by atoms with Gasteiger partial charge in [0.25, 0.3) is 0 Å². The summed E-state index contributed by atoms with van der Waals surface area (Å²) in [6.45, 7) is 0. The van der Waals surface area contributed by atoms with Gasteiger partial charge in [0.15, 0.2) is 0 Å². The van der Waals surface area contributed by atoms with Crippen LogP contribution in [-0.4, -0.2) is 20.4 Å². The molecule has 1 atom stereocenters. The normalized spacial score (nSPS) is 12.3. The lowest BCUT2D eigenvalue weighted by Crippen LogP contribution is -2.45. The molecule has 0 aliphatic heterocycles. The minimum atomic E-state index is -3.88. The molecular weight excluding hydrogens is 520 g/mol. The van der Waals surface area contributed by atoms with E-state index in [1.807, 2.05) is 36.4 Å². The van der Waals surface area contributed by atoms with Crippen molar-refractivity contribution in [3.8, 4) is 0 Å². The number of carbonyl (C=O) groups excluding carboxylic acids is 1.